The lowest BCUT2D eigenvalue weighted by molar-refractivity contribution is -0.123. The monoisotopic (exact) mass is 391 g/mol. The van der Waals surface area contributed by atoms with Gasteiger partial charge >= 0.3 is 0 Å². The molecular weight excluding hydrogens is 366 g/mol. The van der Waals surface area contributed by atoms with E-state index in [9.17, 15) is 13.2 Å². The van der Waals surface area contributed by atoms with Gasteiger partial charge in [0.2, 0.25) is 15.9 Å². The zero-order valence-corrected chi connectivity index (χ0v) is 16.7. The fourth-order valence-corrected chi connectivity index (χ4v) is 5.37. The minimum Gasteiger partial charge on any atom is -0.360 e. The third-order valence-corrected chi connectivity index (χ3v) is 7.16. The molecule has 1 amide bonds. The molecule has 2 aromatic rings. The van der Waals surface area contributed by atoms with Gasteiger partial charge in [0.15, 0.2) is 5.76 Å². The van der Waals surface area contributed by atoms with Crippen molar-refractivity contribution in [1.82, 2.24) is 9.46 Å². The number of carbonyl (C=O) groups excluding carboxylic acids is 1. The van der Waals surface area contributed by atoms with Gasteiger partial charge in [-0.1, -0.05) is 23.4 Å². The lowest BCUT2D eigenvalue weighted by atomic mass is 9.96. The van der Waals surface area contributed by atoms with Gasteiger partial charge in [0.25, 0.3) is 0 Å². The SMILES string of the molecule is CCN(C(=O)C1CCN(S(=O)(=O)c2c(C)noc2C)CC1)c1ccccc1. The van der Waals surface area contributed by atoms with E-state index in [4.69, 9.17) is 4.52 Å². The molecule has 1 aromatic carbocycles. The van der Waals surface area contributed by atoms with Crippen LogP contribution in [0.3, 0.4) is 0 Å². The van der Waals surface area contributed by atoms with Gasteiger partial charge in [0.05, 0.1) is 0 Å². The lowest BCUT2D eigenvalue weighted by Gasteiger charge is -2.33. The second-order valence-corrected chi connectivity index (χ2v) is 8.62. The molecule has 1 fully saturated rings. The van der Waals surface area contributed by atoms with Crippen molar-refractivity contribution >= 4 is 21.6 Å². The molecule has 0 radical (unpaired) electrons. The van der Waals surface area contributed by atoms with Crippen molar-refractivity contribution in [2.45, 2.75) is 38.5 Å². The molecule has 7 nitrogen and oxygen atoms in total. The molecule has 0 spiro atoms. The number of carbonyl (C=O) groups is 1. The number of hydrogen-bond acceptors (Lipinski definition) is 5. The highest BCUT2D eigenvalue weighted by Crippen LogP contribution is 2.29. The Kier molecular flexibility index (Phi) is 5.67. The molecule has 146 valence electrons. The number of nitrogens with zero attached hydrogens (tertiary/aromatic N) is 3. The van der Waals surface area contributed by atoms with Crippen LogP contribution in [0.4, 0.5) is 5.69 Å². The molecule has 0 atom stereocenters. The number of benzene rings is 1. The highest BCUT2D eigenvalue weighted by molar-refractivity contribution is 7.89. The Hall–Kier alpha value is -2.19. The first-order valence-electron chi connectivity index (χ1n) is 9.15. The summed E-state index contributed by atoms with van der Waals surface area (Å²) in [5.41, 5.74) is 1.24. The third kappa shape index (κ3) is 3.77. The van der Waals surface area contributed by atoms with Gasteiger partial charge in [-0.05, 0) is 45.7 Å². The maximum Gasteiger partial charge on any atom is 0.248 e. The van der Waals surface area contributed by atoms with Crippen molar-refractivity contribution in [3.63, 3.8) is 0 Å². The van der Waals surface area contributed by atoms with Gasteiger partial charge in [-0.15, -0.1) is 0 Å². The average Bonchev–Trinajstić information content (AvgIpc) is 3.02. The molecular formula is C19H25N3O4S. The topological polar surface area (TPSA) is 83.7 Å². The number of hydrogen-bond donors (Lipinski definition) is 0. The Morgan fingerprint density at radius 1 is 1.22 bits per heavy atom. The summed E-state index contributed by atoms with van der Waals surface area (Å²) in [6.45, 7) is 6.38. The van der Waals surface area contributed by atoms with Crippen LogP contribution in [-0.4, -0.2) is 43.4 Å². The number of sulfonamides is 1. The van der Waals surface area contributed by atoms with Crippen LogP contribution in [0.2, 0.25) is 0 Å². The minimum absolute atomic E-state index is 0.0538. The number of aromatic nitrogens is 1. The van der Waals surface area contributed by atoms with Gasteiger partial charge < -0.3 is 9.42 Å². The Labute approximate surface area is 160 Å². The first kappa shape index (κ1) is 19.6. The standard InChI is InChI=1S/C19H25N3O4S/c1-4-22(17-8-6-5-7-9-17)19(23)16-10-12-21(13-11-16)27(24,25)18-14(2)20-26-15(18)3/h5-9,16H,4,10-13H2,1-3H3. The van der Waals surface area contributed by atoms with E-state index >= 15 is 0 Å². The van der Waals surface area contributed by atoms with Crippen molar-refractivity contribution in [2.24, 2.45) is 5.92 Å². The molecule has 0 bridgehead atoms. The molecule has 0 unspecified atom stereocenters. The zero-order valence-electron chi connectivity index (χ0n) is 15.9. The minimum atomic E-state index is -3.65. The highest BCUT2D eigenvalue weighted by Gasteiger charge is 2.36. The average molecular weight is 391 g/mol. The summed E-state index contributed by atoms with van der Waals surface area (Å²) in [4.78, 5) is 14.9. The van der Waals surface area contributed by atoms with Crippen molar-refractivity contribution < 1.29 is 17.7 Å². The summed E-state index contributed by atoms with van der Waals surface area (Å²) in [6.07, 6.45) is 1.01. The van der Waals surface area contributed by atoms with Crippen molar-refractivity contribution in [3.8, 4) is 0 Å². The molecule has 1 aliphatic heterocycles. The molecule has 1 aliphatic rings. The van der Waals surface area contributed by atoms with Gasteiger partial charge in [-0.25, -0.2) is 8.42 Å². The number of para-hydroxylation sites is 1. The van der Waals surface area contributed by atoms with Gasteiger partial charge in [0, 0.05) is 31.2 Å². The fourth-order valence-electron chi connectivity index (χ4n) is 3.61. The smallest absolute Gasteiger partial charge is 0.248 e. The van der Waals surface area contributed by atoms with Crippen molar-refractivity contribution in [3.05, 3.63) is 41.8 Å². The zero-order chi connectivity index (χ0) is 19.6. The first-order valence-corrected chi connectivity index (χ1v) is 10.6. The largest absolute Gasteiger partial charge is 0.360 e. The van der Waals surface area contributed by atoms with Crippen LogP contribution in [0, 0.1) is 19.8 Å². The quantitative estimate of drug-likeness (QED) is 0.782. The normalized spacial score (nSPS) is 16.4. The number of anilines is 1. The van der Waals surface area contributed by atoms with Crippen molar-refractivity contribution in [1.29, 1.82) is 0 Å². The Bertz CT molecular complexity index is 881. The molecule has 3 rings (SSSR count). The van der Waals surface area contributed by atoms with Crippen LogP contribution in [0.5, 0.6) is 0 Å². The van der Waals surface area contributed by atoms with Crippen LogP contribution < -0.4 is 4.90 Å². The maximum absolute atomic E-state index is 13.0. The van der Waals surface area contributed by atoms with Gasteiger partial charge in [-0.2, -0.15) is 4.31 Å². The summed E-state index contributed by atoms with van der Waals surface area (Å²) in [5.74, 6) is 0.172. The highest BCUT2D eigenvalue weighted by atomic mass is 32.2. The molecule has 0 saturated carbocycles. The van der Waals surface area contributed by atoms with E-state index in [0.717, 1.165) is 5.69 Å². The Morgan fingerprint density at radius 2 is 1.85 bits per heavy atom. The maximum atomic E-state index is 13.0. The van der Waals surface area contributed by atoms with Gasteiger partial charge in [-0.3, -0.25) is 4.79 Å². The molecule has 0 N–H and O–H groups in total. The lowest BCUT2D eigenvalue weighted by Crippen LogP contribution is -2.44. The summed E-state index contributed by atoms with van der Waals surface area (Å²) >= 11 is 0. The van der Waals surface area contributed by atoms with E-state index < -0.39 is 10.0 Å². The Balaban J connectivity index is 1.71. The fraction of sp³-hybridized carbons (Fsp3) is 0.474. The van der Waals surface area contributed by atoms with Crippen molar-refractivity contribution in [2.75, 3.05) is 24.5 Å². The van der Waals surface area contributed by atoms with E-state index in [-0.39, 0.29) is 16.7 Å². The number of rotatable bonds is 5. The van der Waals surface area contributed by atoms with E-state index in [0.29, 0.717) is 43.9 Å². The predicted molar refractivity (Wildman–Crippen MR) is 102 cm³/mol. The van der Waals surface area contributed by atoms with E-state index in [1.165, 1.54) is 4.31 Å². The summed E-state index contributed by atoms with van der Waals surface area (Å²) < 4.78 is 32.3. The molecule has 0 aliphatic carbocycles. The summed E-state index contributed by atoms with van der Waals surface area (Å²) in [5, 5.41) is 3.75. The molecule has 1 saturated heterocycles. The second kappa shape index (κ2) is 7.82. The summed E-state index contributed by atoms with van der Waals surface area (Å²) in [7, 11) is -3.65. The summed E-state index contributed by atoms with van der Waals surface area (Å²) in [6, 6.07) is 9.56. The molecule has 1 aromatic heterocycles. The third-order valence-electron chi connectivity index (χ3n) is 5.02. The van der Waals surface area contributed by atoms with Gasteiger partial charge in [0.1, 0.15) is 10.6 Å². The van der Waals surface area contributed by atoms with Crippen LogP contribution >= 0.6 is 0 Å². The van der Waals surface area contributed by atoms with E-state index in [1.807, 2.05) is 37.3 Å². The molecule has 8 heteroatoms. The first-order chi connectivity index (χ1) is 12.9. The van der Waals surface area contributed by atoms with E-state index in [2.05, 4.69) is 5.16 Å². The predicted octanol–water partition coefficient (Wildman–Crippen LogP) is 2.75. The number of piperidine rings is 1. The van der Waals surface area contributed by atoms with Crippen LogP contribution in [0.15, 0.2) is 39.8 Å². The van der Waals surface area contributed by atoms with Crippen LogP contribution in [0.1, 0.15) is 31.2 Å². The van der Waals surface area contributed by atoms with Crippen LogP contribution in [-0.2, 0) is 14.8 Å². The molecule has 2 heterocycles. The molecule has 27 heavy (non-hydrogen) atoms. The van der Waals surface area contributed by atoms with E-state index in [1.54, 1.807) is 18.7 Å². The van der Waals surface area contributed by atoms with Crippen LogP contribution in [0.25, 0.3) is 0 Å². The number of amides is 1. The number of aryl methyl sites for hydroxylation is 2. The Morgan fingerprint density at radius 3 is 2.37 bits per heavy atom. The second-order valence-electron chi connectivity index (χ2n) is 6.75.